The van der Waals surface area contributed by atoms with Gasteiger partial charge in [0.25, 0.3) is 0 Å². The molecule has 21 heavy (non-hydrogen) atoms. The highest BCUT2D eigenvalue weighted by Crippen LogP contribution is 2.37. The van der Waals surface area contributed by atoms with Crippen molar-refractivity contribution in [3.63, 3.8) is 0 Å². The molecule has 1 spiro atoms. The van der Waals surface area contributed by atoms with Crippen LogP contribution in [0, 0.1) is 11.9 Å². The van der Waals surface area contributed by atoms with Crippen molar-refractivity contribution in [2.24, 2.45) is 5.92 Å². The molecule has 112 valence electrons. The van der Waals surface area contributed by atoms with Gasteiger partial charge in [0, 0.05) is 6.07 Å². The Bertz CT molecular complexity index is 570. The van der Waals surface area contributed by atoms with E-state index in [4.69, 9.17) is 9.47 Å². The van der Waals surface area contributed by atoms with Crippen LogP contribution in [-0.4, -0.2) is 29.2 Å². The maximum atomic E-state index is 12.9. The van der Waals surface area contributed by atoms with Gasteiger partial charge in [-0.25, -0.2) is 4.79 Å². The van der Waals surface area contributed by atoms with Crippen molar-refractivity contribution >= 4 is 12.1 Å². The number of alkyl carbamates (subject to hydrolysis) is 1. The molecular weight excluding hydrogens is 279 g/mol. The predicted molar refractivity (Wildman–Crippen MR) is 69.0 cm³/mol. The zero-order valence-electron chi connectivity index (χ0n) is 11.3. The molecule has 2 heterocycles. The van der Waals surface area contributed by atoms with Crippen LogP contribution in [0.1, 0.15) is 25.7 Å². The van der Waals surface area contributed by atoms with Crippen LogP contribution in [0.4, 0.5) is 9.18 Å². The topological polar surface area (TPSA) is 77.5 Å². The van der Waals surface area contributed by atoms with Crippen molar-refractivity contribution in [1.29, 1.82) is 0 Å². The Morgan fingerprint density at radius 2 is 2.19 bits per heavy atom. The van der Waals surface area contributed by atoms with E-state index >= 15 is 0 Å². The van der Waals surface area contributed by atoms with Crippen LogP contribution in [0.15, 0.2) is 18.2 Å². The number of halogens is 1. The Hall–Kier alpha value is -2.18. The van der Waals surface area contributed by atoms with Crippen LogP contribution >= 0.6 is 0 Å². The molecule has 0 atom stereocenters. The summed E-state index contributed by atoms with van der Waals surface area (Å²) in [6, 6.07) is 4.06. The summed E-state index contributed by atoms with van der Waals surface area (Å²) in [5.41, 5.74) is -0.481. The molecule has 7 heteroatoms. The van der Waals surface area contributed by atoms with Gasteiger partial charge in [-0.2, -0.15) is 9.37 Å². The fourth-order valence-corrected chi connectivity index (χ4v) is 2.79. The summed E-state index contributed by atoms with van der Waals surface area (Å²) in [5.74, 6) is -1.42. The third-order valence-electron chi connectivity index (χ3n) is 3.99. The van der Waals surface area contributed by atoms with Gasteiger partial charge < -0.3 is 14.8 Å². The minimum atomic E-state index is -0.688. The maximum absolute atomic E-state index is 12.9. The zero-order chi connectivity index (χ0) is 14.9. The Labute approximate surface area is 120 Å². The van der Waals surface area contributed by atoms with E-state index in [9.17, 15) is 14.0 Å². The fraction of sp³-hybridized carbons (Fsp3) is 0.500. The molecule has 1 saturated heterocycles. The monoisotopic (exact) mass is 294 g/mol. The number of aromatic nitrogens is 1. The van der Waals surface area contributed by atoms with Gasteiger partial charge in [-0.05, 0) is 31.7 Å². The van der Waals surface area contributed by atoms with E-state index in [0.717, 1.165) is 0 Å². The number of amides is 1. The van der Waals surface area contributed by atoms with Crippen LogP contribution in [0.3, 0.4) is 0 Å². The molecule has 1 saturated carbocycles. The standard InChI is InChI=1S/C14H15FN2O4/c15-10-2-1-3-11(17-10)20-12(18)9-4-6-14(7-5-9)8-16-13(19)21-14/h1-3,9H,4-8H2,(H,16,19). The van der Waals surface area contributed by atoms with Crippen molar-refractivity contribution in [3.8, 4) is 5.88 Å². The normalized spacial score (nSPS) is 28.0. The van der Waals surface area contributed by atoms with Crippen molar-refractivity contribution in [1.82, 2.24) is 10.3 Å². The van der Waals surface area contributed by atoms with Gasteiger partial charge in [0.2, 0.25) is 11.8 Å². The first-order valence-corrected chi connectivity index (χ1v) is 6.87. The van der Waals surface area contributed by atoms with Gasteiger partial charge in [0.1, 0.15) is 5.60 Å². The van der Waals surface area contributed by atoms with E-state index < -0.39 is 23.6 Å². The van der Waals surface area contributed by atoms with Crippen molar-refractivity contribution < 1.29 is 23.5 Å². The molecule has 1 aliphatic heterocycles. The third kappa shape index (κ3) is 2.96. The lowest BCUT2D eigenvalue weighted by Gasteiger charge is -2.33. The van der Waals surface area contributed by atoms with Gasteiger partial charge in [0.05, 0.1) is 12.5 Å². The van der Waals surface area contributed by atoms with E-state index in [1.807, 2.05) is 0 Å². The lowest BCUT2D eigenvalue weighted by molar-refractivity contribution is -0.141. The molecule has 0 bridgehead atoms. The minimum Gasteiger partial charge on any atom is -0.441 e. The molecular formula is C14H15FN2O4. The Kier molecular flexibility index (Phi) is 3.48. The lowest BCUT2D eigenvalue weighted by Crippen LogP contribution is -2.40. The first-order valence-electron chi connectivity index (χ1n) is 6.87. The van der Waals surface area contributed by atoms with Crippen molar-refractivity contribution in [2.75, 3.05) is 6.54 Å². The number of esters is 1. The molecule has 0 unspecified atom stereocenters. The summed E-state index contributed by atoms with van der Waals surface area (Å²) in [5, 5.41) is 2.64. The molecule has 2 aliphatic rings. The highest BCUT2D eigenvalue weighted by Gasteiger charge is 2.44. The summed E-state index contributed by atoms with van der Waals surface area (Å²) in [7, 11) is 0. The number of hydrogen-bond acceptors (Lipinski definition) is 5. The van der Waals surface area contributed by atoms with Gasteiger partial charge in [0.15, 0.2) is 0 Å². The van der Waals surface area contributed by atoms with Crippen LogP contribution in [0.2, 0.25) is 0 Å². The second kappa shape index (κ2) is 5.31. The summed E-state index contributed by atoms with van der Waals surface area (Å²) in [4.78, 5) is 26.7. The number of nitrogens with zero attached hydrogens (tertiary/aromatic N) is 1. The van der Waals surface area contributed by atoms with Gasteiger partial charge in [-0.3, -0.25) is 4.79 Å². The molecule has 1 aromatic rings. The number of carbonyl (C=O) groups is 2. The zero-order valence-corrected chi connectivity index (χ0v) is 11.3. The van der Waals surface area contributed by atoms with Gasteiger partial charge in [-0.15, -0.1) is 0 Å². The van der Waals surface area contributed by atoms with Crippen LogP contribution in [0.5, 0.6) is 5.88 Å². The average Bonchev–Trinajstić information content (AvgIpc) is 2.80. The largest absolute Gasteiger partial charge is 0.441 e. The second-order valence-electron chi connectivity index (χ2n) is 5.42. The predicted octanol–water partition coefficient (Wildman–Crippen LogP) is 1.79. The smallest absolute Gasteiger partial charge is 0.407 e. The molecule has 1 aromatic heterocycles. The highest BCUT2D eigenvalue weighted by atomic mass is 19.1. The molecule has 1 N–H and O–H groups in total. The summed E-state index contributed by atoms with van der Waals surface area (Å²) in [6.45, 7) is 0.485. The molecule has 0 aromatic carbocycles. The van der Waals surface area contributed by atoms with Crippen LogP contribution < -0.4 is 10.1 Å². The molecule has 0 radical (unpaired) electrons. The number of carbonyl (C=O) groups excluding carboxylic acids is 2. The molecule has 6 nitrogen and oxygen atoms in total. The summed E-state index contributed by atoms with van der Waals surface area (Å²) < 4.78 is 23.3. The number of nitrogens with one attached hydrogen (secondary N) is 1. The number of hydrogen-bond donors (Lipinski definition) is 1. The number of rotatable bonds is 2. The summed E-state index contributed by atoms with van der Waals surface area (Å²) >= 11 is 0. The van der Waals surface area contributed by atoms with Crippen molar-refractivity contribution in [3.05, 3.63) is 24.1 Å². The SMILES string of the molecule is O=C1NCC2(CCC(C(=O)Oc3cccc(F)n3)CC2)O1. The third-order valence-corrected chi connectivity index (χ3v) is 3.99. The van der Waals surface area contributed by atoms with E-state index in [1.54, 1.807) is 0 Å². The highest BCUT2D eigenvalue weighted by molar-refractivity contribution is 5.75. The number of ether oxygens (including phenoxy) is 2. The molecule has 2 fully saturated rings. The van der Waals surface area contributed by atoms with E-state index in [2.05, 4.69) is 10.3 Å². The van der Waals surface area contributed by atoms with E-state index in [-0.39, 0.29) is 11.8 Å². The average molecular weight is 294 g/mol. The van der Waals surface area contributed by atoms with Crippen LogP contribution in [-0.2, 0) is 9.53 Å². The van der Waals surface area contributed by atoms with Gasteiger partial charge >= 0.3 is 12.1 Å². The maximum Gasteiger partial charge on any atom is 0.407 e. The van der Waals surface area contributed by atoms with E-state index in [1.165, 1.54) is 18.2 Å². The lowest BCUT2D eigenvalue weighted by atomic mass is 9.79. The first-order chi connectivity index (χ1) is 10.1. The Balaban J connectivity index is 1.57. The van der Waals surface area contributed by atoms with Crippen molar-refractivity contribution in [2.45, 2.75) is 31.3 Å². The second-order valence-corrected chi connectivity index (χ2v) is 5.42. The Morgan fingerprint density at radius 1 is 1.43 bits per heavy atom. The van der Waals surface area contributed by atoms with Gasteiger partial charge in [-0.1, -0.05) is 6.07 Å². The molecule has 1 aliphatic carbocycles. The summed E-state index contributed by atoms with van der Waals surface area (Å²) in [6.07, 6.45) is 1.97. The minimum absolute atomic E-state index is 0.0331. The fourth-order valence-electron chi connectivity index (χ4n) is 2.79. The van der Waals surface area contributed by atoms with E-state index in [0.29, 0.717) is 32.2 Å². The molecule has 1 amide bonds. The molecule has 3 rings (SSSR count). The quantitative estimate of drug-likeness (QED) is 0.664. The number of pyridine rings is 1. The Morgan fingerprint density at radius 3 is 2.81 bits per heavy atom. The van der Waals surface area contributed by atoms with Crippen LogP contribution in [0.25, 0.3) is 0 Å². The first kappa shape index (κ1) is 13.8.